The van der Waals surface area contributed by atoms with Gasteiger partial charge in [-0.15, -0.1) is 0 Å². The van der Waals surface area contributed by atoms with E-state index in [1.807, 2.05) is 18.2 Å². The van der Waals surface area contributed by atoms with E-state index < -0.39 is 15.8 Å². The third-order valence-electron chi connectivity index (χ3n) is 3.53. The first-order valence-electron chi connectivity index (χ1n) is 7.04. The van der Waals surface area contributed by atoms with Crippen molar-refractivity contribution in [2.75, 3.05) is 6.54 Å². The average molecular weight is 334 g/mol. The van der Waals surface area contributed by atoms with Crippen LogP contribution in [0.15, 0.2) is 52.1 Å². The van der Waals surface area contributed by atoms with Crippen LogP contribution in [0.4, 0.5) is 4.39 Å². The first kappa shape index (κ1) is 15.6. The molecule has 7 heteroatoms. The highest BCUT2D eigenvalue weighted by Gasteiger charge is 2.16. The Kier molecular flexibility index (Phi) is 4.14. The van der Waals surface area contributed by atoms with Crippen molar-refractivity contribution in [2.24, 2.45) is 0 Å². The van der Waals surface area contributed by atoms with Gasteiger partial charge in [-0.05, 0) is 54.8 Å². The summed E-state index contributed by atoms with van der Waals surface area (Å²) in [7, 11) is -3.66. The van der Waals surface area contributed by atoms with Gasteiger partial charge in [0.25, 0.3) is 0 Å². The maximum atomic E-state index is 13.1. The van der Waals surface area contributed by atoms with Crippen molar-refractivity contribution in [1.82, 2.24) is 9.71 Å². The number of aromatic nitrogens is 1. The normalized spacial score (nSPS) is 11.9. The van der Waals surface area contributed by atoms with Crippen LogP contribution in [0.5, 0.6) is 0 Å². The quantitative estimate of drug-likeness (QED) is 0.779. The molecule has 0 atom stereocenters. The van der Waals surface area contributed by atoms with Crippen molar-refractivity contribution in [3.05, 3.63) is 59.7 Å². The summed E-state index contributed by atoms with van der Waals surface area (Å²) >= 11 is 0. The summed E-state index contributed by atoms with van der Waals surface area (Å²) in [5, 5.41) is 0. The number of oxazole rings is 1. The van der Waals surface area contributed by atoms with Gasteiger partial charge in [-0.3, -0.25) is 0 Å². The number of halogens is 1. The predicted octanol–water partition coefficient (Wildman–Crippen LogP) is 2.80. The molecule has 0 fully saturated rings. The average Bonchev–Trinajstić information content (AvgIpc) is 2.94. The lowest BCUT2D eigenvalue weighted by Crippen LogP contribution is -2.26. The fourth-order valence-electron chi connectivity index (χ4n) is 2.38. The van der Waals surface area contributed by atoms with Crippen molar-refractivity contribution >= 4 is 21.1 Å². The number of nitrogens with zero attached hydrogens (tertiary/aromatic N) is 1. The van der Waals surface area contributed by atoms with E-state index in [0.717, 1.165) is 17.1 Å². The number of hydrogen-bond acceptors (Lipinski definition) is 4. The third-order valence-corrected chi connectivity index (χ3v) is 5.15. The Morgan fingerprint density at radius 2 is 2.04 bits per heavy atom. The maximum absolute atomic E-state index is 13.1. The molecule has 0 radical (unpaired) electrons. The SMILES string of the molecule is Cc1cc(F)ccc1S(=O)(=O)NCCc1ccc2ncoc2c1. The molecule has 0 saturated heterocycles. The minimum Gasteiger partial charge on any atom is -0.443 e. The minimum absolute atomic E-state index is 0.0876. The number of rotatable bonds is 5. The van der Waals surface area contributed by atoms with Crippen molar-refractivity contribution in [2.45, 2.75) is 18.2 Å². The van der Waals surface area contributed by atoms with Crippen molar-refractivity contribution in [3.63, 3.8) is 0 Å². The van der Waals surface area contributed by atoms with Crippen LogP contribution in [0.2, 0.25) is 0 Å². The highest BCUT2D eigenvalue weighted by atomic mass is 32.2. The number of hydrogen-bond donors (Lipinski definition) is 1. The zero-order valence-electron chi connectivity index (χ0n) is 12.4. The van der Waals surface area contributed by atoms with E-state index in [2.05, 4.69) is 9.71 Å². The van der Waals surface area contributed by atoms with E-state index in [9.17, 15) is 12.8 Å². The van der Waals surface area contributed by atoms with Crippen LogP contribution in [-0.4, -0.2) is 19.9 Å². The van der Waals surface area contributed by atoms with Gasteiger partial charge in [-0.25, -0.2) is 22.5 Å². The fraction of sp³-hybridized carbons (Fsp3) is 0.188. The van der Waals surface area contributed by atoms with E-state index in [0.29, 0.717) is 17.6 Å². The number of fused-ring (bicyclic) bond motifs is 1. The molecule has 23 heavy (non-hydrogen) atoms. The van der Waals surface area contributed by atoms with E-state index >= 15 is 0 Å². The molecule has 3 rings (SSSR count). The lowest BCUT2D eigenvalue weighted by atomic mass is 10.1. The molecule has 0 aliphatic rings. The van der Waals surface area contributed by atoms with Gasteiger partial charge in [-0.1, -0.05) is 6.07 Å². The van der Waals surface area contributed by atoms with Gasteiger partial charge in [0.15, 0.2) is 12.0 Å². The Hall–Kier alpha value is -2.25. The molecule has 5 nitrogen and oxygen atoms in total. The molecule has 3 aromatic rings. The highest BCUT2D eigenvalue weighted by molar-refractivity contribution is 7.89. The highest BCUT2D eigenvalue weighted by Crippen LogP contribution is 2.17. The minimum atomic E-state index is -3.66. The molecule has 0 unspecified atom stereocenters. The molecule has 0 amide bonds. The zero-order chi connectivity index (χ0) is 16.4. The van der Waals surface area contributed by atoms with Crippen LogP contribution in [0.3, 0.4) is 0 Å². The standard InChI is InChI=1S/C16H15FN2O3S/c1-11-8-13(17)3-5-16(11)23(20,21)19-7-6-12-2-4-14-15(9-12)22-10-18-14/h2-5,8-10,19H,6-7H2,1H3. The second-order valence-corrected chi connectivity index (χ2v) is 6.95. The summed E-state index contributed by atoms with van der Waals surface area (Å²) in [5.74, 6) is -0.457. The molecular weight excluding hydrogens is 319 g/mol. The lowest BCUT2D eigenvalue weighted by molar-refractivity contribution is 0.579. The Labute approximate surface area is 133 Å². The van der Waals surface area contributed by atoms with E-state index in [4.69, 9.17) is 4.42 Å². The van der Waals surface area contributed by atoms with Gasteiger partial charge in [0.05, 0.1) is 4.90 Å². The molecule has 0 aliphatic heterocycles. The van der Waals surface area contributed by atoms with Crippen molar-refractivity contribution in [1.29, 1.82) is 0 Å². The van der Waals surface area contributed by atoms with Crippen LogP contribution in [-0.2, 0) is 16.4 Å². The molecule has 1 N–H and O–H groups in total. The summed E-state index contributed by atoms with van der Waals surface area (Å²) in [4.78, 5) is 4.11. The van der Waals surface area contributed by atoms with E-state index in [-0.39, 0.29) is 11.4 Å². The molecule has 0 bridgehead atoms. The number of benzene rings is 2. The van der Waals surface area contributed by atoms with Crippen LogP contribution in [0.25, 0.3) is 11.1 Å². The number of sulfonamides is 1. The Morgan fingerprint density at radius 1 is 1.22 bits per heavy atom. The first-order valence-corrected chi connectivity index (χ1v) is 8.52. The molecule has 1 heterocycles. The summed E-state index contributed by atoms with van der Waals surface area (Å²) in [6.07, 6.45) is 1.88. The van der Waals surface area contributed by atoms with Crippen LogP contribution in [0, 0.1) is 12.7 Å². The Morgan fingerprint density at radius 3 is 2.83 bits per heavy atom. The van der Waals surface area contributed by atoms with Crippen molar-refractivity contribution < 1.29 is 17.2 Å². The topological polar surface area (TPSA) is 72.2 Å². The maximum Gasteiger partial charge on any atom is 0.240 e. The molecular formula is C16H15FN2O3S. The summed E-state index contributed by atoms with van der Waals surface area (Å²) < 4.78 is 45.4. The second kappa shape index (κ2) is 6.10. The van der Waals surface area contributed by atoms with Crippen molar-refractivity contribution in [3.8, 4) is 0 Å². The number of aryl methyl sites for hydroxylation is 1. The first-order chi connectivity index (χ1) is 11.0. The van der Waals surface area contributed by atoms with Crippen LogP contribution >= 0.6 is 0 Å². The van der Waals surface area contributed by atoms with Gasteiger partial charge in [-0.2, -0.15) is 0 Å². The zero-order valence-corrected chi connectivity index (χ0v) is 13.2. The molecule has 0 aliphatic carbocycles. The van der Waals surface area contributed by atoms with E-state index in [1.165, 1.54) is 18.5 Å². The van der Waals surface area contributed by atoms with Crippen LogP contribution < -0.4 is 4.72 Å². The Bertz CT molecular complexity index is 951. The van der Waals surface area contributed by atoms with E-state index in [1.54, 1.807) is 6.92 Å². The van der Waals surface area contributed by atoms with Gasteiger partial charge in [0.2, 0.25) is 10.0 Å². The number of nitrogens with one attached hydrogen (secondary N) is 1. The Balaban J connectivity index is 1.69. The summed E-state index contributed by atoms with van der Waals surface area (Å²) in [6, 6.07) is 9.15. The largest absolute Gasteiger partial charge is 0.443 e. The molecule has 0 saturated carbocycles. The fourth-order valence-corrected chi connectivity index (χ4v) is 3.63. The molecule has 120 valence electrons. The smallest absolute Gasteiger partial charge is 0.240 e. The second-order valence-electron chi connectivity index (χ2n) is 5.21. The molecule has 0 spiro atoms. The van der Waals surface area contributed by atoms with Crippen LogP contribution in [0.1, 0.15) is 11.1 Å². The van der Waals surface area contributed by atoms with Gasteiger partial charge in [0, 0.05) is 6.54 Å². The molecule has 2 aromatic carbocycles. The summed E-state index contributed by atoms with van der Waals surface area (Å²) in [5.41, 5.74) is 2.74. The van der Waals surface area contributed by atoms with Gasteiger partial charge < -0.3 is 4.42 Å². The molecule has 1 aromatic heterocycles. The third kappa shape index (κ3) is 3.40. The summed E-state index contributed by atoms with van der Waals surface area (Å²) in [6.45, 7) is 1.80. The predicted molar refractivity (Wildman–Crippen MR) is 84.0 cm³/mol. The monoisotopic (exact) mass is 334 g/mol. The van der Waals surface area contributed by atoms with Gasteiger partial charge in [0.1, 0.15) is 11.3 Å². The van der Waals surface area contributed by atoms with Gasteiger partial charge >= 0.3 is 0 Å². The lowest BCUT2D eigenvalue weighted by Gasteiger charge is -2.09.